The molecule has 1 unspecified atom stereocenters. The van der Waals surface area contributed by atoms with E-state index in [1.54, 1.807) is 13.0 Å². The molecule has 0 radical (unpaired) electrons. The van der Waals surface area contributed by atoms with E-state index >= 15 is 0 Å². The molecule has 0 aliphatic carbocycles. The molecule has 1 atom stereocenters. The monoisotopic (exact) mass is 461 g/mol. The van der Waals surface area contributed by atoms with Gasteiger partial charge in [0.2, 0.25) is 5.76 Å². The summed E-state index contributed by atoms with van der Waals surface area (Å²) in [5.41, 5.74) is -0.892. The van der Waals surface area contributed by atoms with Gasteiger partial charge in [-0.05, 0) is 19.9 Å². The molecule has 1 N–H and O–H groups in total. The predicted molar refractivity (Wildman–Crippen MR) is 112 cm³/mol. The number of hydrogen-bond acceptors (Lipinski definition) is 10. The highest BCUT2D eigenvalue weighted by molar-refractivity contribution is 6.14. The second-order valence-corrected chi connectivity index (χ2v) is 6.48. The van der Waals surface area contributed by atoms with Gasteiger partial charge in [0, 0.05) is 5.56 Å². The van der Waals surface area contributed by atoms with Crippen molar-refractivity contribution >= 4 is 29.8 Å². The van der Waals surface area contributed by atoms with Crippen LogP contribution in [-0.4, -0.2) is 63.8 Å². The maximum Gasteiger partial charge on any atom is 0.375 e. The van der Waals surface area contributed by atoms with E-state index in [1.165, 1.54) is 32.2 Å². The average Bonchev–Trinajstić information content (AvgIpc) is 3.23. The van der Waals surface area contributed by atoms with Crippen LogP contribution in [0.25, 0.3) is 11.3 Å². The van der Waals surface area contributed by atoms with Crippen LogP contribution >= 0.6 is 0 Å². The summed E-state index contributed by atoms with van der Waals surface area (Å²) in [6, 6.07) is 4.93. The number of methoxy groups -OCH3 is 3. The lowest BCUT2D eigenvalue weighted by atomic mass is 9.99. The molecule has 2 rings (SSSR count). The van der Waals surface area contributed by atoms with Gasteiger partial charge >= 0.3 is 23.9 Å². The van der Waals surface area contributed by atoms with Gasteiger partial charge in [-0.3, -0.25) is 4.79 Å². The molecule has 0 saturated heterocycles. The molecule has 1 heterocycles. The number of hydrogen-bond donors (Lipinski definition) is 1. The summed E-state index contributed by atoms with van der Waals surface area (Å²) < 4.78 is 24.6. The zero-order valence-electron chi connectivity index (χ0n) is 18.7. The summed E-state index contributed by atoms with van der Waals surface area (Å²) in [5.74, 6) is -5.33. The van der Waals surface area contributed by atoms with Crippen LogP contribution in [0, 0.1) is 0 Å². The number of carbonyl (C=O) groups excluding carboxylic acids is 5. The van der Waals surface area contributed by atoms with E-state index in [0.29, 0.717) is 0 Å². The number of nitrogens with one attached hydrogen (secondary N) is 1. The Hall–Kier alpha value is -4.15. The number of amides is 1. The molecule has 0 fully saturated rings. The van der Waals surface area contributed by atoms with Crippen LogP contribution in [0.5, 0.6) is 0 Å². The molecule has 11 nitrogen and oxygen atoms in total. The van der Waals surface area contributed by atoms with Gasteiger partial charge in [0.05, 0.1) is 33.5 Å². The van der Waals surface area contributed by atoms with Gasteiger partial charge in [-0.15, -0.1) is 0 Å². The van der Waals surface area contributed by atoms with Gasteiger partial charge < -0.3 is 28.7 Å². The SMILES string of the molecule is CCOC(=O)c1oc(-c2ccccc2C(=O)NC(C)C(=O)OC)c(C(=O)OC)c1C(=O)OC. The van der Waals surface area contributed by atoms with E-state index in [0.717, 1.165) is 14.2 Å². The van der Waals surface area contributed by atoms with E-state index in [-0.39, 0.29) is 23.5 Å². The lowest BCUT2D eigenvalue weighted by molar-refractivity contribution is -0.142. The van der Waals surface area contributed by atoms with Gasteiger partial charge in [-0.25, -0.2) is 19.2 Å². The Balaban J connectivity index is 2.76. The quantitative estimate of drug-likeness (QED) is 0.457. The first-order valence-electron chi connectivity index (χ1n) is 9.70. The van der Waals surface area contributed by atoms with E-state index in [9.17, 15) is 24.0 Å². The highest BCUT2D eigenvalue weighted by atomic mass is 16.6. The predicted octanol–water partition coefficient (Wildman–Crippen LogP) is 1.99. The number of furan rings is 1. The van der Waals surface area contributed by atoms with Crippen LogP contribution in [0.15, 0.2) is 28.7 Å². The second-order valence-electron chi connectivity index (χ2n) is 6.48. The Labute approximate surface area is 188 Å². The number of carbonyl (C=O) groups is 5. The molecule has 0 spiro atoms. The Bertz CT molecular complexity index is 1080. The van der Waals surface area contributed by atoms with Crippen LogP contribution in [-0.2, 0) is 23.7 Å². The van der Waals surface area contributed by atoms with Crippen molar-refractivity contribution in [3.05, 3.63) is 46.7 Å². The maximum absolute atomic E-state index is 12.9. The fraction of sp³-hybridized carbons (Fsp3) is 0.318. The van der Waals surface area contributed by atoms with Crippen LogP contribution in [0.2, 0.25) is 0 Å². The molecule has 33 heavy (non-hydrogen) atoms. The third-order valence-electron chi connectivity index (χ3n) is 4.47. The first-order chi connectivity index (χ1) is 15.7. The molecule has 1 amide bonds. The summed E-state index contributed by atoms with van der Waals surface area (Å²) >= 11 is 0. The largest absolute Gasteiger partial charge is 0.467 e. The summed E-state index contributed by atoms with van der Waals surface area (Å²) in [6.45, 7) is 2.93. The number of esters is 4. The highest BCUT2D eigenvalue weighted by Crippen LogP contribution is 2.35. The Morgan fingerprint density at radius 1 is 0.909 bits per heavy atom. The van der Waals surface area contributed by atoms with Crippen molar-refractivity contribution < 1.29 is 47.3 Å². The van der Waals surface area contributed by atoms with E-state index in [4.69, 9.17) is 18.6 Å². The molecule has 1 aromatic heterocycles. The molecule has 2 aromatic rings. The first kappa shape index (κ1) is 25.1. The fourth-order valence-corrected chi connectivity index (χ4v) is 2.94. The van der Waals surface area contributed by atoms with E-state index in [2.05, 4.69) is 10.1 Å². The van der Waals surface area contributed by atoms with E-state index < -0.39 is 52.7 Å². The number of ether oxygens (including phenoxy) is 4. The zero-order valence-corrected chi connectivity index (χ0v) is 18.7. The summed E-state index contributed by atoms with van der Waals surface area (Å²) in [6.07, 6.45) is 0. The standard InChI is InChI=1S/C22H23NO10/c1-6-32-22(28)17-15(21(27)31-5)14(20(26)30-4)16(33-17)12-9-7-8-10-13(12)18(24)23-11(2)19(25)29-3/h7-11H,6H2,1-5H3,(H,23,24). The lowest BCUT2D eigenvalue weighted by Crippen LogP contribution is -2.39. The minimum absolute atomic E-state index is 0.0148. The van der Waals surface area contributed by atoms with Crippen molar-refractivity contribution in [2.45, 2.75) is 19.9 Å². The molecule has 0 aliphatic rings. The van der Waals surface area contributed by atoms with Crippen LogP contribution < -0.4 is 5.32 Å². The number of rotatable bonds is 8. The molecule has 0 saturated carbocycles. The average molecular weight is 461 g/mol. The Morgan fingerprint density at radius 3 is 2.09 bits per heavy atom. The normalized spacial score (nSPS) is 11.2. The van der Waals surface area contributed by atoms with Crippen LogP contribution in [0.3, 0.4) is 0 Å². The molecule has 11 heteroatoms. The molecule has 1 aromatic carbocycles. The second kappa shape index (κ2) is 10.9. The third-order valence-corrected chi connectivity index (χ3v) is 4.47. The Kier molecular flexibility index (Phi) is 8.32. The van der Waals surface area contributed by atoms with Crippen molar-refractivity contribution in [1.82, 2.24) is 5.32 Å². The van der Waals surface area contributed by atoms with Crippen molar-refractivity contribution in [1.29, 1.82) is 0 Å². The van der Waals surface area contributed by atoms with E-state index in [1.807, 2.05) is 0 Å². The fourth-order valence-electron chi connectivity index (χ4n) is 2.94. The van der Waals surface area contributed by atoms with Gasteiger partial charge in [-0.1, -0.05) is 18.2 Å². The summed E-state index contributed by atoms with van der Waals surface area (Å²) in [7, 11) is 3.30. The van der Waals surface area contributed by atoms with Gasteiger partial charge in [0.25, 0.3) is 5.91 Å². The van der Waals surface area contributed by atoms with Gasteiger partial charge in [-0.2, -0.15) is 0 Å². The maximum atomic E-state index is 12.9. The smallest absolute Gasteiger partial charge is 0.375 e. The topological polar surface area (TPSA) is 147 Å². The minimum Gasteiger partial charge on any atom is -0.467 e. The van der Waals surface area contributed by atoms with Crippen molar-refractivity contribution in [3.63, 3.8) is 0 Å². The van der Waals surface area contributed by atoms with Crippen molar-refractivity contribution in [3.8, 4) is 11.3 Å². The van der Waals surface area contributed by atoms with Crippen LogP contribution in [0.4, 0.5) is 0 Å². The number of benzene rings is 1. The first-order valence-corrected chi connectivity index (χ1v) is 9.70. The molecule has 0 aliphatic heterocycles. The van der Waals surface area contributed by atoms with Gasteiger partial charge in [0.15, 0.2) is 5.76 Å². The lowest BCUT2D eigenvalue weighted by Gasteiger charge is -2.13. The summed E-state index contributed by atoms with van der Waals surface area (Å²) in [4.78, 5) is 62.1. The molecule has 176 valence electrons. The summed E-state index contributed by atoms with van der Waals surface area (Å²) in [5, 5.41) is 2.46. The molecule has 0 bridgehead atoms. The highest BCUT2D eigenvalue weighted by Gasteiger charge is 2.37. The Morgan fingerprint density at radius 2 is 1.52 bits per heavy atom. The minimum atomic E-state index is -1.05. The van der Waals surface area contributed by atoms with Crippen molar-refractivity contribution in [2.24, 2.45) is 0 Å². The van der Waals surface area contributed by atoms with Crippen LogP contribution in [0.1, 0.15) is 55.5 Å². The molecular formula is C22H23NO10. The zero-order chi connectivity index (χ0) is 24.7. The third kappa shape index (κ3) is 5.20. The van der Waals surface area contributed by atoms with Gasteiger partial charge in [0.1, 0.15) is 17.2 Å². The van der Waals surface area contributed by atoms with Crippen molar-refractivity contribution in [2.75, 3.05) is 27.9 Å². The molecular weight excluding hydrogens is 438 g/mol.